The third kappa shape index (κ3) is 42.7. The summed E-state index contributed by atoms with van der Waals surface area (Å²) in [5.74, 6) is -0.157. The van der Waals surface area contributed by atoms with Gasteiger partial charge in [-0.25, -0.2) is 0 Å². The lowest BCUT2D eigenvalue weighted by molar-refractivity contribution is -0.124. The molecule has 0 heterocycles. The molecule has 58 heavy (non-hydrogen) atoms. The van der Waals surface area contributed by atoms with Gasteiger partial charge in [-0.2, -0.15) is 0 Å². The summed E-state index contributed by atoms with van der Waals surface area (Å²) in [7, 11) is 0. The quantitative estimate of drug-likeness (QED) is 0.0364. The van der Waals surface area contributed by atoms with E-state index in [9.17, 15) is 20.1 Å². The molecule has 0 aliphatic rings. The highest BCUT2D eigenvalue weighted by atomic mass is 16.3. The summed E-state index contributed by atoms with van der Waals surface area (Å²) in [6.07, 6.45) is 61.4. The first kappa shape index (κ1) is 56.6. The predicted molar refractivity (Wildman–Crippen MR) is 254 cm³/mol. The van der Waals surface area contributed by atoms with Gasteiger partial charge in [0.05, 0.1) is 18.8 Å². The summed E-state index contributed by atoms with van der Waals surface area (Å²) in [4.78, 5) is 12.5. The van der Waals surface area contributed by atoms with Crippen LogP contribution in [0.1, 0.15) is 271 Å². The molecule has 0 spiro atoms. The molecular formula is C53H101NO4. The minimum absolute atomic E-state index is 0.157. The van der Waals surface area contributed by atoms with E-state index in [-0.39, 0.29) is 12.5 Å². The van der Waals surface area contributed by atoms with E-state index in [1.807, 2.05) is 0 Å². The second-order valence-electron chi connectivity index (χ2n) is 17.7. The van der Waals surface area contributed by atoms with E-state index in [0.717, 1.165) is 44.9 Å². The summed E-state index contributed by atoms with van der Waals surface area (Å²) in [6, 6.07) is -0.831. The summed E-state index contributed by atoms with van der Waals surface area (Å²) in [5, 5.41) is 33.6. The van der Waals surface area contributed by atoms with E-state index < -0.39 is 18.2 Å². The van der Waals surface area contributed by atoms with Crippen molar-refractivity contribution in [2.45, 2.75) is 289 Å². The van der Waals surface area contributed by atoms with Crippen LogP contribution in [0.5, 0.6) is 0 Å². The molecule has 0 aromatic carbocycles. The summed E-state index contributed by atoms with van der Waals surface area (Å²) in [6.45, 7) is 4.17. The smallest absolute Gasteiger partial charge is 0.220 e. The van der Waals surface area contributed by atoms with E-state index in [0.29, 0.717) is 12.8 Å². The zero-order valence-electron chi connectivity index (χ0n) is 38.9. The molecule has 0 bridgehead atoms. The van der Waals surface area contributed by atoms with E-state index in [1.54, 1.807) is 0 Å². The second kappa shape index (κ2) is 48.2. The molecule has 342 valence electrons. The SMILES string of the molecule is CCCCCCCC/C=C/CC/C=C/CCCC(O)C(O)C(CO)NC(=O)CCCCCCCCCCCCCCC/C=C\CCCCCCCCCCCCCC. The monoisotopic (exact) mass is 816 g/mol. The van der Waals surface area contributed by atoms with Crippen LogP contribution in [0.15, 0.2) is 36.5 Å². The highest BCUT2D eigenvalue weighted by molar-refractivity contribution is 5.76. The maximum absolute atomic E-state index is 12.5. The number of amides is 1. The van der Waals surface area contributed by atoms with E-state index in [2.05, 4.69) is 55.6 Å². The van der Waals surface area contributed by atoms with Crippen molar-refractivity contribution in [3.8, 4) is 0 Å². The Morgan fingerprint density at radius 1 is 0.414 bits per heavy atom. The molecule has 0 saturated heterocycles. The Bertz CT molecular complexity index is 901. The lowest BCUT2D eigenvalue weighted by atomic mass is 10.0. The van der Waals surface area contributed by atoms with Crippen LogP contribution in [0.2, 0.25) is 0 Å². The van der Waals surface area contributed by atoms with Gasteiger partial charge in [-0.1, -0.05) is 224 Å². The highest BCUT2D eigenvalue weighted by Crippen LogP contribution is 2.16. The second-order valence-corrected chi connectivity index (χ2v) is 17.7. The maximum Gasteiger partial charge on any atom is 0.220 e. The van der Waals surface area contributed by atoms with Gasteiger partial charge in [0.2, 0.25) is 5.91 Å². The first-order chi connectivity index (χ1) is 28.6. The van der Waals surface area contributed by atoms with Gasteiger partial charge in [-0.3, -0.25) is 4.79 Å². The van der Waals surface area contributed by atoms with Crippen molar-refractivity contribution in [3.05, 3.63) is 36.5 Å². The Morgan fingerprint density at radius 3 is 1.05 bits per heavy atom. The number of hydrogen-bond acceptors (Lipinski definition) is 4. The van der Waals surface area contributed by atoms with Gasteiger partial charge in [-0.05, 0) is 77.0 Å². The Labute approximate surface area is 362 Å². The zero-order valence-corrected chi connectivity index (χ0v) is 38.9. The van der Waals surface area contributed by atoms with E-state index in [4.69, 9.17) is 0 Å². The first-order valence-electron chi connectivity index (χ1n) is 25.8. The van der Waals surface area contributed by atoms with Crippen molar-refractivity contribution in [2.24, 2.45) is 0 Å². The standard InChI is InChI=1S/C53H101NO4/c1-3-5-7-9-11-13-15-17-19-20-21-22-23-24-25-26-27-28-29-30-31-32-34-36-38-40-42-44-46-48-52(57)54-50(49-55)53(58)51(56)47-45-43-41-39-37-35-33-18-16-14-12-10-8-6-4-2/h18,24-25,33,39,41,50-51,53,55-56,58H,3-17,19-23,26-32,34-38,40,42-49H2,1-2H3,(H,54,57)/b25-24-,33-18+,41-39+. The molecule has 3 unspecified atom stereocenters. The van der Waals surface area contributed by atoms with Crippen LogP contribution in [0.3, 0.4) is 0 Å². The topological polar surface area (TPSA) is 89.8 Å². The Morgan fingerprint density at radius 2 is 0.707 bits per heavy atom. The molecule has 0 radical (unpaired) electrons. The number of aliphatic hydroxyl groups is 3. The molecule has 0 aromatic rings. The van der Waals surface area contributed by atoms with Crippen LogP contribution in [-0.2, 0) is 4.79 Å². The minimum Gasteiger partial charge on any atom is -0.394 e. The van der Waals surface area contributed by atoms with Gasteiger partial charge >= 0.3 is 0 Å². The average molecular weight is 816 g/mol. The van der Waals surface area contributed by atoms with Crippen molar-refractivity contribution >= 4 is 5.91 Å². The van der Waals surface area contributed by atoms with Crippen LogP contribution in [0.4, 0.5) is 0 Å². The van der Waals surface area contributed by atoms with Gasteiger partial charge in [0.1, 0.15) is 6.10 Å². The number of allylic oxidation sites excluding steroid dienone is 6. The number of nitrogens with one attached hydrogen (secondary N) is 1. The number of carbonyl (C=O) groups excluding carboxylic acids is 1. The van der Waals surface area contributed by atoms with Crippen molar-refractivity contribution in [2.75, 3.05) is 6.61 Å². The molecule has 0 saturated carbocycles. The van der Waals surface area contributed by atoms with Gasteiger partial charge in [0.15, 0.2) is 0 Å². The molecule has 0 aromatic heterocycles. The van der Waals surface area contributed by atoms with Crippen LogP contribution < -0.4 is 5.32 Å². The molecule has 5 heteroatoms. The number of aliphatic hydroxyl groups excluding tert-OH is 3. The third-order valence-electron chi connectivity index (χ3n) is 11.9. The van der Waals surface area contributed by atoms with Gasteiger partial charge in [0, 0.05) is 6.42 Å². The highest BCUT2D eigenvalue weighted by Gasteiger charge is 2.26. The van der Waals surface area contributed by atoms with Crippen molar-refractivity contribution < 1.29 is 20.1 Å². The van der Waals surface area contributed by atoms with Crippen LogP contribution in [0, 0.1) is 0 Å². The van der Waals surface area contributed by atoms with E-state index >= 15 is 0 Å². The third-order valence-corrected chi connectivity index (χ3v) is 11.9. The molecule has 0 aliphatic heterocycles. The van der Waals surface area contributed by atoms with Crippen molar-refractivity contribution in [1.29, 1.82) is 0 Å². The minimum atomic E-state index is -1.17. The first-order valence-corrected chi connectivity index (χ1v) is 25.8. The van der Waals surface area contributed by atoms with Crippen molar-refractivity contribution in [1.82, 2.24) is 5.32 Å². The zero-order chi connectivity index (χ0) is 42.3. The molecule has 4 N–H and O–H groups in total. The molecule has 0 aliphatic carbocycles. The largest absolute Gasteiger partial charge is 0.394 e. The van der Waals surface area contributed by atoms with Crippen molar-refractivity contribution in [3.63, 3.8) is 0 Å². The Balaban J connectivity index is 3.56. The maximum atomic E-state index is 12.5. The lowest BCUT2D eigenvalue weighted by Gasteiger charge is -2.26. The van der Waals surface area contributed by atoms with Crippen LogP contribution in [-0.4, -0.2) is 46.1 Å². The average Bonchev–Trinajstić information content (AvgIpc) is 3.23. The number of hydrogen-bond donors (Lipinski definition) is 4. The number of rotatable bonds is 47. The van der Waals surface area contributed by atoms with E-state index in [1.165, 1.54) is 199 Å². The fourth-order valence-electron chi connectivity index (χ4n) is 7.94. The molecule has 0 rings (SSSR count). The molecule has 1 amide bonds. The van der Waals surface area contributed by atoms with Gasteiger partial charge in [0.25, 0.3) is 0 Å². The Hall–Kier alpha value is -1.43. The summed E-state index contributed by atoms with van der Waals surface area (Å²) in [5.41, 5.74) is 0. The fraction of sp³-hybridized carbons (Fsp3) is 0.868. The molecule has 5 nitrogen and oxygen atoms in total. The fourth-order valence-corrected chi connectivity index (χ4v) is 7.94. The predicted octanol–water partition coefficient (Wildman–Crippen LogP) is 15.5. The number of unbranched alkanes of at least 4 members (excludes halogenated alkanes) is 33. The summed E-state index contributed by atoms with van der Waals surface area (Å²) < 4.78 is 0. The molecule has 0 fully saturated rings. The Kier molecular flexibility index (Phi) is 47.0. The summed E-state index contributed by atoms with van der Waals surface area (Å²) >= 11 is 0. The van der Waals surface area contributed by atoms with Crippen LogP contribution in [0.25, 0.3) is 0 Å². The lowest BCUT2D eigenvalue weighted by Crippen LogP contribution is -2.50. The van der Waals surface area contributed by atoms with Crippen LogP contribution >= 0.6 is 0 Å². The number of carbonyl (C=O) groups is 1. The van der Waals surface area contributed by atoms with Gasteiger partial charge in [-0.15, -0.1) is 0 Å². The molecule has 3 atom stereocenters. The molecular weight excluding hydrogens is 715 g/mol. The normalized spacial score (nSPS) is 13.7. The van der Waals surface area contributed by atoms with Gasteiger partial charge < -0.3 is 20.6 Å².